The van der Waals surface area contributed by atoms with Crippen LogP contribution in [0.5, 0.6) is 0 Å². The van der Waals surface area contributed by atoms with Gasteiger partial charge in [-0.3, -0.25) is 4.79 Å². The molecular weight excluding hydrogens is 402 g/mol. The first-order valence-electron chi connectivity index (χ1n) is 7.56. The van der Waals surface area contributed by atoms with Gasteiger partial charge < -0.3 is 5.32 Å². The number of amides is 1. The van der Waals surface area contributed by atoms with Gasteiger partial charge in [-0.05, 0) is 65.7 Å². The number of nitrogens with zero attached hydrogens (tertiary/aromatic N) is 4. The third-order valence-corrected chi connectivity index (χ3v) is 5.25. The fourth-order valence-corrected chi connectivity index (χ4v) is 3.61. The molecular formula is C17H16BrN5OS. The lowest BCUT2D eigenvalue weighted by Crippen LogP contribution is -2.14. The number of rotatable bonds is 5. The highest BCUT2D eigenvalue weighted by atomic mass is 79.9. The Morgan fingerprint density at radius 1 is 1.20 bits per heavy atom. The molecule has 0 radical (unpaired) electrons. The van der Waals surface area contributed by atoms with Gasteiger partial charge in [-0.1, -0.05) is 22.0 Å². The number of tetrazole rings is 1. The summed E-state index contributed by atoms with van der Waals surface area (Å²) in [4.78, 5) is 13.4. The number of aryl methyl sites for hydroxylation is 2. The lowest BCUT2D eigenvalue weighted by atomic mass is 10.2. The lowest BCUT2D eigenvalue weighted by Gasteiger charge is -2.10. The molecule has 1 heterocycles. The van der Waals surface area contributed by atoms with E-state index in [1.807, 2.05) is 50.2 Å². The third kappa shape index (κ3) is 4.46. The first-order chi connectivity index (χ1) is 12.0. The molecule has 128 valence electrons. The van der Waals surface area contributed by atoms with Crippen molar-refractivity contribution < 1.29 is 4.79 Å². The van der Waals surface area contributed by atoms with E-state index in [0.29, 0.717) is 11.4 Å². The number of halogens is 1. The number of carbonyl (C=O) groups is 1. The van der Waals surface area contributed by atoms with Crippen LogP contribution in [0.1, 0.15) is 11.1 Å². The third-order valence-electron chi connectivity index (χ3n) is 3.58. The van der Waals surface area contributed by atoms with Gasteiger partial charge >= 0.3 is 0 Å². The molecule has 1 aromatic heterocycles. The number of carbonyl (C=O) groups excluding carboxylic acids is 1. The van der Waals surface area contributed by atoms with Gasteiger partial charge in [0.25, 0.3) is 0 Å². The molecule has 25 heavy (non-hydrogen) atoms. The summed E-state index contributed by atoms with van der Waals surface area (Å²) < 4.78 is 2.61. The molecule has 0 unspecified atom stereocenters. The molecule has 0 aliphatic heterocycles. The number of benzene rings is 2. The number of thioether (sulfide) groups is 1. The molecule has 0 spiro atoms. The van der Waals surface area contributed by atoms with E-state index in [0.717, 1.165) is 26.2 Å². The normalized spacial score (nSPS) is 10.7. The van der Waals surface area contributed by atoms with Crippen LogP contribution in [0.15, 0.2) is 52.1 Å². The standard InChI is InChI=1S/C17H16BrN5OS/c1-11-3-5-14(8-15(11)23-10-19-21-22-23)20-17(24)9-25-16-6-4-13(18)7-12(16)2/h3-8,10H,9H2,1-2H3,(H,20,24). The first kappa shape index (κ1) is 17.6. The molecule has 2 aromatic carbocycles. The lowest BCUT2D eigenvalue weighted by molar-refractivity contribution is -0.113. The van der Waals surface area contributed by atoms with E-state index in [1.54, 1.807) is 4.68 Å². The quantitative estimate of drug-likeness (QED) is 0.639. The predicted molar refractivity (Wildman–Crippen MR) is 102 cm³/mol. The van der Waals surface area contributed by atoms with Crippen LogP contribution in [0.4, 0.5) is 5.69 Å². The van der Waals surface area contributed by atoms with Crippen molar-refractivity contribution in [2.45, 2.75) is 18.7 Å². The van der Waals surface area contributed by atoms with Crippen LogP contribution < -0.4 is 5.32 Å². The van der Waals surface area contributed by atoms with Gasteiger partial charge in [0.1, 0.15) is 6.33 Å². The topological polar surface area (TPSA) is 72.7 Å². The Kier molecular flexibility index (Phi) is 5.50. The van der Waals surface area contributed by atoms with Gasteiger partial charge in [0.2, 0.25) is 5.91 Å². The van der Waals surface area contributed by atoms with E-state index in [9.17, 15) is 4.79 Å². The Balaban J connectivity index is 1.66. The summed E-state index contributed by atoms with van der Waals surface area (Å²) >= 11 is 4.96. The smallest absolute Gasteiger partial charge is 0.234 e. The summed E-state index contributed by atoms with van der Waals surface area (Å²) in [6.45, 7) is 4.00. The van der Waals surface area contributed by atoms with Crippen LogP contribution in [0.25, 0.3) is 5.69 Å². The van der Waals surface area contributed by atoms with Crippen molar-refractivity contribution in [1.29, 1.82) is 0 Å². The molecule has 0 aliphatic rings. The number of hydrogen-bond acceptors (Lipinski definition) is 5. The minimum Gasteiger partial charge on any atom is -0.325 e. The molecule has 0 fully saturated rings. The predicted octanol–water partition coefficient (Wildman–Crippen LogP) is 3.77. The second-order valence-electron chi connectivity index (χ2n) is 5.50. The van der Waals surface area contributed by atoms with Crippen LogP contribution in [-0.4, -0.2) is 31.9 Å². The van der Waals surface area contributed by atoms with E-state index in [1.165, 1.54) is 18.1 Å². The van der Waals surface area contributed by atoms with E-state index in [-0.39, 0.29) is 5.91 Å². The van der Waals surface area contributed by atoms with Crippen molar-refractivity contribution in [3.8, 4) is 5.69 Å². The average molecular weight is 418 g/mol. The minimum atomic E-state index is -0.0566. The van der Waals surface area contributed by atoms with Gasteiger partial charge in [-0.25, -0.2) is 4.68 Å². The molecule has 6 nitrogen and oxygen atoms in total. The Labute approximate surface area is 158 Å². The number of aromatic nitrogens is 4. The molecule has 0 saturated carbocycles. The second-order valence-corrected chi connectivity index (χ2v) is 7.44. The van der Waals surface area contributed by atoms with Crippen LogP contribution in [0.2, 0.25) is 0 Å². The van der Waals surface area contributed by atoms with Crippen LogP contribution in [0.3, 0.4) is 0 Å². The maximum Gasteiger partial charge on any atom is 0.234 e. The number of hydrogen-bond donors (Lipinski definition) is 1. The highest BCUT2D eigenvalue weighted by molar-refractivity contribution is 9.10. The van der Waals surface area contributed by atoms with Crippen molar-refractivity contribution >= 4 is 39.3 Å². The molecule has 3 rings (SSSR count). The van der Waals surface area contributed by atoms with Gasteiger partial charge in [0.15, 0.2) is 0 Å². The zero-order valence-electron chi connectivity index (χ0n) is 13.7. The number of nitrogens with one attached hydrogen (secondary N) is 1. The van der Waals surface area contributed by atoms with E-state index in [2.05, 4.69) is 36.8 Å². The van der Waals surface area contributed by atoms with Crippen LogP contribution >= 0.6 is 27.7 Å². The summed E-state index contributed by atoms with van der Waals surface area (Å²) in [6.07, 6.45) is 1.53. The molecule has 0 saturated heterocycles. The van der Waals surface area contributed by atoms with Gasteiger partial charge in [0.05, 0.1) is 11.4 Å². The average Bonchev–Trinajstić information content (AvgIpc) is 3.10. The van der Waals surface area contributed by atoms with Crippen LogP contribution in [-0.2, 0) is 4.79 Å². The molecule has 8 heteroatoms. The summed E-state index contributed by atoms with van der Waals surface area (Å²) in [5.41, 5.74) is 3.71. The monoisotopic (exact) mass is 417 g/mol. The maximum absolute atomic E-state index is 12.3. The number of anilines is 1. The Morgan fingerprint density at radius 2 is 2.04 bits per heavy atom. The van der Waals surface area contributed by atoms with E-state index in [4.69, 9.17) is 0 Å². The van der Waals surface area contributed by atoms with Crippen molar-refractivity contribution in [3.63, 3.8) is 0 Å². The Bertz CT molecular complexity index is 898. The highest BCUT2D eigenvalue weighted by Gasteiger charge is 2.09. The zero-order valence-corrected chi connectivity index (χ0v) is 16.1. The molecule has 1 N–H and O–H groups in total. The van der Waals surface area contributed by atoms with Gasteiger partial charge in [0, 0.05) is 15.1 Å². The van der Waals surface area contributed by atoms with Crippen molar-refractivity contribution in [1.82, 2.24) is 20.2 Å². The Morgan fingerprint density at radius 3 is 2.76 bits per heavy atom. The summed E-state index contributed by atoms with van der Waals surface area (Å²) in [5, 5.41) is 14.1. The fourth-order valence-electron chi connectivity index (χ4n) is 2.32. The summed E-state index contributed by atoms with van der Waals surface area (Å²) in [7, 11) is 0. The largest absolute Gasteiger partial charge is 0.325 e. The molecule has 0 aliphatic carbocycles. The van der Waals surface area contributed by atoms with E-state index >= 15 is 0 Å². The van der Waals surface area contributed by atoms with Crippen molar-refractivity contribution in [2.75, 3.05) is 11.1 Å². The second kappa shape index (κ2) is 7.79. The van der Waals surface area contributed by atoms with Crippen LogP contribution in [0, 0.1) is 13.8 Å². The summed E-state index contributed by atoms with van der Waals surface area (Å²) in [5.74, 6) is 0.287. The molecule has 0 bridgehead atoms. The summed E-state index contributed by atoms with van der Waals surface area (Å²) in [6, 6.07) is 11.7. The van der Waals surface area contributed by atoms with Gasteiger partial charge in [-0.2, -0.15) is 0 Å². The highest BCUT2D eigenvalue weighted by Crippen LogP contribution is 2.25. The molecule has 3 aromatic rings. The fraction of sp³-hybridized carbons (Fsp3) is 0.176. The maximum atomic E-state index is 12.3. The van der Waals surface area contributed by atoms with Gasteiger partial charge in [-0.15, -0.1) is 16.9 Å². The van der Waals surface area contributed by atoms with Crippen molar-refractivity contribution in [3.05, 3.63) is 58.3 Å². The first-order valence-corrected chi connectivity index (χ1v) is 9.33. The SMILES string of the molecule is Cc1cc(Br)ccc1SCC(=O)Nc1ccc(C)c(-n2cnnn2)c1. The van der Waals surface area contributed by atoms with E-state index < -0.39 is 0 Å². The molecule has 0 atom stereocenters. The molecule has 1 amide bonds. The Hall–Kier alpha value is -2.19. The van der Waals surface area contributed by atoms with Crippen molar-refractivity contribution in [2.24, 2.45) is 0 Å². The zero-order chi connectivity index (χ0) is 17.8. The minimum absolute atomic E-state index is 0.0566.